The van der Waals surface area contributed by atoms with Gasteiger partial charge in [-0.3, -0.25) is 9.48 Å². The molecule has 0 aliphatic rings. The first-order valence-electron chi connectivity index (χ1n) is 8.68. The van der Waals surface area contributed by atoms with E-state index in [1.807, 2.05) is 31.2 Å². The van der Waals surface area contributed by atoms with Crippen molar-refractivity contribution in [3.63, 3.8) is 0 Å². The second-order valence-electron chi connectivity index (χ2n) is 6.32. The number of methoxy groups -OCH3 is 1. The van der Waals surface area contributed by atoms with Gasteiger partial charge in [0.05, 0.1) is 30.5 Å². The third-order valence-corrected chi connectivity index (χ3v) is 4.80. The van der Waals surface area contributed by atoms with Gasteiger partial charge in [0.1, 0.15) is 0 Å². The Bertz CT molecular complexity index is 1040. The van der Waals surface area contributed by atoms with E-state index in [-0.39, 0.29) is 5.91 Å². The average Bonchev–Trinajstić information content (AvgIpc) is 2.96. The van der Waals surface area contributed by atoms with E-state index in [0.717, 1.165) is 11.3 Å². The van der Waals surface area contributed by atoms with E-state index in [1.165, 1.54) is 7.11 Å². The van der Waals surface area contributed by atoms with Crippen molar-refractivity contribution >= 4 is 29.2 Å². The van der Waals surface area contributed by atoms with Crippen LogP contribution in [0.15, 0.2) is 48.5 Å². The van der Waals surface area contributed by atoms with E-state index < -0.39 is 5.97 Å². The van der Waals surface area contributed by atoms with Crippen LogP contribution in [0, 0.1) is 13.8 Å². The molecule has 0 spiro atoms. The lowest BCUT2D eigenvalue weighted by molar-refractivity contribution is 0.0600. The van der Waals surface area contributed by atoms with Crippen LogP contribution >= 0.6 is 11.6 Å². The zero-order chi connectivity index (χ0) is 20.3. The SMILES string of the molecule is COC(=O)c1cccc(NC(=O)c2c(C)nn(Cc3ccccc3Cl)c2C)c1. The molecule has 0 unspecified atom stereocenters. The Morgan fingerprint density at radius 1 is 1.14 bits per heavy atom. The summed E-state index contributed by atoms with van der Waals surface area (Å²) in [5, 5.41) is 7.97. The molecule has 1 amide bonds. The van der Waals surface area contributed by atoms with E-state index in [1.54, 1.807) is 35.9 Å². The Morgan fingerprint density at radius 3 is 2.61 bits per heavy atom. The molecule has 2 aromatic carbocycles. The van der Waals surface area contributed by atoms with Crippen LogP contribution in [-0.4, -0.2) is 28.8 Å². The third kappa shape index (κ3) is 4.07. The number of aromatic nitrogens is 2. The number of amides is 1. The summed E-state index contributed by atoms with van der Waals surface area (Å²) in [4.78, 5) is 24.5. The van der Waals surface area contributed by atoms with E-state index in [4.69, 9.17) is 16.3 Å². The zero-order valence-corrected chi connectivity index (χ0v) is 16.6. The highest BCUT2D eigenvalue weighted by Crippen LogP contribution is 2.21. The van der Waals surface area contributed by atoms with Crippen LogP contribution in [0.3, 0.4) is 0 Å². The number of anilines is 1. The Hall–Kier alpha value is -3.12. The summed E-state index contributed by atoms with van der Waals surface area (Å²) in [5.74, 6) is -0.751. The Labute approximate surface area is 168 Å². The predicted octanol–water partition coefficient (Wildman–Crippen LogP) is 4.24. The summed E-state index contributed by atoms with van der Waals surface area (Å²) >= 11 is 6.24. The highest BCUT2D eigenvalue weighted by molar-refractivity contribution is 6.31. The summed E-state index contributed by atoms with van der Waals surface area (Å²) in [6.07, 6.45) is 0. The van der Waals surface area contributed by atoms with Gasteiger partial charge >= 0.3 is 5.97 Å². The van der Waals surface area contributed by atoms with Gasteiger partial charge in [-0.2, -0.15) is 5.10 Å². The number of nitrogens with zero attached hydrogens (tertiary/aromatic N) is 2. The number of hydrogen-bond donors (Lipinski definition) is 1. The molecule has 0 fully saturated rings. The summed E-state index contributed by atoms with van der Waals surface area (Å²) < 4.78 is 6.47. The number of esters is 1. The van der Waals surface area contributed by atoms with Gasteiger partial charge in [-0.15, -0.1) is 0 Å². The smallest absolute Gasteiger partial charge is 0.337 e. The number of carbonyl (C=O) groups is 2. The minimum Gasteiger partial charge on any atom is -0.465 e. The molecular weight excluding hydrogens is 378 g/mol. The van der Waals surface area contributed by atoms with E-state index >= 15 is 0 Å². The Morgan fingerprint density at radius 2 is 1.89 bits per heavy atom. The van der Waals surface area contributed by atoms with Crippen LogP contribution in [0.1, 0.15) is 37.7 Å². The fourth-order valence-corrected chi connectivity index (χ4v) is 3.20. The monoisotopic (exact) mass is 397 g/mol. The fourth-order valence-electron chi connectivity index (χ4n) is 3.00. The molecule has 0 atom stereocenters. The molecule has 0 radical (unpaired) electrons. The number of nitrogens with one attached hydrogen (secondary N) is 1. The summed E-state index contributed by atoms with van der Waals surface area (Å²) in [6, 6.07) is 14.1. The van der Waals surface area contributed by atoms with E-state index in [2.05, 4.69) is 10.4 Å². The molecule has 0 aliphatic heterocycles. The van der Waals surface area contributed by atoms with Gasteiger partial charge in [-0.1, -0.05) is 35.9 Å². The van der Waals surface area contributed by atoms with Crippen LogP contribution in [0.2, 0.25) is 5.02 Å². The van der Waals surface area contributed by atoms with Crippen LogP contribution < -0.4 is 5.32 Å². The first kappa shape index (κ1) is 19.6. The second-order valence-corrected chi connectivity index (χ2v) is 6.73. The second kappa shape index (κ2) is 8.27. The van der Waals surface area contributed by atoms with Gasteiger partial charge in [0.25, 0.3) is 5.91 Å². The maximum absolute atomic E-state index is 12.8. The molecule has 0 bridgehead atoms. The minimum atomic E-state index is -0.462. The standard InChI is InChI=1S/C21H20ClN3O3/c1-13-19(14(2)25(24-13)12-16-7-4-5-10-18(16)22)20(26)23-17-9-6-8-15(11-17)21(27)28-3/h4-11H,12H2,1-3H3,(H,23,26). The largest absolute Gasteiger partial charge is 0.465 e. The number of halogens is 1. The van der Waals surface area contributed by atoms with Crippen LogP contribution in [-0.2, 0) is 11.3 Å². The molecule has 6 nitrogen and oxygen atoms in total. The summed E-state index contributed by atoms with van der Waals surface area (Å²) in [6.45, 7) is 4.10. The number of benzene rings is 2. The normalized spacial score (nSPS) is 10.6. The van der Waals surface area contributed by atoms with Crippen molar-refractivity contribution in [3.05, 3.63) is 81.6 Å². The van der Waals surface area contributed by atoms with Gasteiger partial charge in [-0.25, -0.2) is 4.79 Å². The number of carbonyl (C=O) groups excluding carboxylic acids is 2. The topological polar surface area (TPSA) is 73.2 Å². The van der Waals surface area contributed by atoms with E-state index in [0.29, 0.717) is 34.1 Å². The van der Waals surface area contributed by atoms with Crippen molar-refractivity contribution in [2.24, 2.45) is 0 Å². The van der Waals surface area contributed by atoms with Crippen LogP contribution in [0.5, 0.6) is 0 Å². The molecule has 0 aliphatic carbocycles. The number of ether oxygens (including phenoxy) is 1. The molecule has 3 rings (SSSR count). The number of hydrogen-bond acceptors (Lipinski definition) is 4. The fraction of sp³-hybridized carbons (Fsp3) is 0.190. The van der Waals surface area contributed by atoms with Gasteiger partial charge in [0.2, 0.25) is 0 Å². The Balaban J connectivity index is 1.84. The molecule has 28 heavy (non-hydrogen) atoms. The van der Waals surface area contributed by atoms with Crippen molar-refractivity contribution in [1.29, 1.82) is 0 Å². The molecule has 0 saturated carbocycles. The molecule has 144 valence electrons. The highest BCUT2D eigenvalue weighted by Gasteiger charge is 2.19. The molecule has 1 aromatic heterocycles. The lowest BCUT2D eigenvalue weighted by Crippen LogP contribution is -2.15. The lowest BCUT2D eigenvalue weighted by atomic mass is 10.1. The molecule has 1 N–H and O–H groups in total. The third-order valence-electron chi connectivity index (χ3n) is 4.43. The number of rotatable bonds is 5. The van der Waals surface area contributed by atoms with Crippen molar-refractivity contribution in [3.8, 4) is 0 Å². The molecule has 0 saturated heterocycles. The maximum atomic E-state index is 12.8. The van der Waals surface area contributed by atoms with Gasteiger partial charge in [0, 0.05) is 16.4 Å². The van der Waals surface area contributed by atoms with Crippen LogP contribution in [0.4, 0.5) is 5.69 Å². The molecule has 7 heteroatoms. The maximum Gasteiger partial charge on any atom is 0.337 e. The summed E-state index contributed by atoms with van der Waals surface area (Å²) in [7, 11) is 1.31. The van der Waals surface area contributed by atoms with Gasteiger partial charge in [0.15, 0.2) is 0 Å². The van der Waals surface area contributed by atoms with Crippen molar-refractivity contribution in [2.75, 3.05) is 12.4 Å². The summed E-state index contributed by atoms with van der Waals surface area (Å²) in [5.41, 5.74) is 3.64. The lowest BCUT2D eigenvalue weighted by Gasteiger charge is -2.09. The first-order chi connectivity index (χ1) is 13.4. The Kier molecular flexibility index (Phi) is 5.80. The van der Waals surface area contributed by atoms with Gasteiger partial charge in [-0.05, 0) is 43.7 Å². The number of aryl methyl sites for hydroxylation is 1. The molecule has 1 heterocycles. The zero-order valence-electron chi connectivity index (χ0n) is 15.8. The molecule has 3 aromatic rings. The van der Waals surface area contributed by atoms with Crippen molar-refractivity contribution in [2.45, 2.75) is 20.4 Å². The van der Waals surface area contributed by atoms with E-state index in [9.17, 15) is 9.59 Å². The molecular formula is C21H20ClN3O3. The quantitative estimate of drug-likeness (QED) is 0.653. The first-order valence-corrected chi connectivity index (χ1v) is 9.05. The minimum absolute atomic E-state index is 0.289. The van der Waals surface area contributed by atoms with Crippen molar-refractivity contribution in [1.82, 2.24) is 9.78 Å². The van der Waals surface area contributed by atoms with Crippen molar-refractivity contribution < 1.29 is 14.3 Å². The average molecular weight is 398 g/mol. The van der Waals surface area contributed by atoms with Gasteiger partial charge < -0.3 is 10.1 Å². The predicted molar refractivity (Wildman–Crippen MR) is 108 cm³/mol. The van der Waals surface area contributed by atoms with Crippen LogP contribution in [0.25, 0.3) is 0 Å². The highest BCUT2D eigenvalue weighted by atomic mass is 35.5.